The summed E-state index contributed by atoms with van der Waals surface area (Å²) in [6.07, 6.45) is 7.02. The van der Waals surface area contributed by atoms with Gasteiger partial charge in [0.1, 0.15) is 0 Å². The maximum atomic E-state index is 12.3. The second-order valence-corrected chi connectivity index (χ2v) is 12.8. The molecule has 2 atom stereocenters. The van der Waals surface area contributed by atoms with Crippen LogP contribution in [0.15, 0.2) is 60.7 Å². The Balaban J connectivity index is 2.09. The Hall–Kier alpha value is -2.35. The minimum Gasteiger partial charge on any atom is -0.404 e. The van der Waals surface area contributed by atoms with Gasteiger partial charge in [0.15, 0.2) is 0 Å². The van der Waals surface area contributed by atoms with Gasteiger partial charge in [-0.1, -0.05) is 81.4 Å². The molecule has 1 N–H and O–H groups in total. The molecular formula is C24H29NO2Si. The summed E-state index contributed by atoms with van der Waals surface area (Å²) in [5.41, 5.74) is 0. The molecule has 3 rings (SSSR count). The monoisotopic (exact) mass is 391 g/mol. The van der Waals surface area contributed by atoms with Gasteiger partial charge in [-0.2, -0.15) is 0 Å². The highest BCUT2D eigenvalue weighted by molar-refractivity contribution is 6.99. The van der Waals surface area contributed by atoms with Gasteiger partial charge in [0.25, 0.3) is 8.32 Å². The van der Waals surface area contributed by atoms with E-state index in [0.29, 0.717) is 12.8 Å². The first kappa shape index (κ1) is 20.4. The first-order chi connectivity index (χ1) is 13.4. The van der Waals surface area contributed by atoms with Crippen LogP contribution in [0.3, 0.4) is 0 Å². The van der Waals surface area contributed by atoms with Gasteiger partial charge in [-0.25, -0.2) is 0 Å². The van der Waals surface area contributed by atoms with Crippen molar-refractivity contribution in [2.45, 2.75) is 57.2 Å². The fraction of sp³-hybridized carbons (Fsp3) is 0.375. The number of piperidine rings is 1. The van der Waals surface area contributed by atoms with Crippen LogP contribution in [-0.4, -0.2) is 26.4 Å². The molecule has 0 aliphatic carbocycles. The second-order valence-electron chi connectivity index (χ2n) is 8.52. The first-order valence-electron chi connectivity index (χ1n) is 9.88. The number of rotatable bonds is 5. The SMILES string of the molecule is C#CCC1C[C@H](O[Si](c2ccccc2)(c2ccccc2)C(C)(C)C)CC(=O)N1. The lowest BCUT2D eigenvalue weighted by atomic mass is 9.99. The van der Waals surface area contributed by atoms with E-state index in [1.165, 1.54) is 10.4 Å². The first-order valence-corrected chi connectivity index (χ1v) is 11.8. The molecule has 3 nitrogen and oxygen atoms in total. The molecule has 0 spiro atoms. The van der Waals surface area contributed by atoms with E-state index in [0.717, 1.165) is 6.42 Å². The Kier molecular flexibility index (Phi) is 6.07. The second kappa shape index (κ2) is 8.34. The lowest BCUT2D eigenvalue weighted by Gasteiger charge is -2.46. The van der Waals surface area contributed by atoms with Crippen molar-refractivity contribution >= 4 is 24.6 Å². The van der Waals surface area contributed by atoms with E-state index in [-0.39, 0.29) is 23.1 Å². The van der Waals surface area contributed by atoms with Crippen molar-refractivity contribution in [1.82, 2.24) is 5.32 Å². The quantitative estimate of drug-likeness (QED) is 0.628. The minimum absolute atomic E-state index is 0.0190. The number of nitrogens with one attached hydrogen (secondary N) is 1. The number of hydrogen-bond donors (Lipinski definition) is 1. The summed E-state index contributed by atoms with van der Waals surface area (Å²) in [4.78, 5) is 12.3. The molecule has 2 aromatic carbocycles. The number of carbonyl (C=O) groups is 1. The molecular weight excluding hydrogens is 362 g/mol. The maximum absolute atomic E-state index is 12.3. The Morgan fingerprint density at radius 3 is 2.07 bits per heavy atom. The van der Waals surface area contributed by atoms with Crippen LogP contribution in [0.4, 0.5) is 0 Å². The van der Waals surface area contributed by atoms with Gasteiger partial charge in [-0.3, -0.25) is 4.79 Å². The topological polar surface area (TPSA) is 38.3 Å². The molecule has 0 saturated carbocycles. The highest BCUT2D eigenvalue weighted by Crippen LogP contribution is 2.38. The third kappa shape index (κ3) is 4.06. The predicted octanol–water partition coefficient (Wildman–Crippen LogP) is 3.23. The van der Waals surface area contributed by atoms with E-state index < -0.39 is 8.32 Å². The van der Waals surface area contributed by atoms with Crippen LogP contribution in [0.5, 0.6) is 0 Å². The van der Waals surface area contributed by atoms with E-state index >= 15 is 0 Å². The average molecular weight is 392 g/mol. The van der Waals surface area contributed by atoms with Crippen molar-refractivity contribution in [3.63, 3.8) is 0 Å². The normalized spacial score (nSPS) is 20.3. The summed E-state index contributed by atoms with van der Waals surface area (Å²) in [6, 6.07) is 21.0. The fourth-order valence-corrected chi connectivity index (χ4v) is 8.96. The summed E-state index contributed by atoms with van der Waals surface area (Å²) in [7, 11) is -2.65. The molecule has 1 aliphatic heterocycles. The number of terminal acetylenes is 1. The summed E-state index contributed by atoms with van der Waals surface area (Å²) < 4.78 is 7.07. The molecule has 2 aromatic rings. The molecule has 1 amide bonds. The molecule has 0 bridgehead atoms. The van der Waals surface area contributed by atoms with Gasteiger partial charge < -0.3 is 9.74 Å². The van der Waals surface area contributed by atoms with Gasteiger partial charge in [-0.05, 0) is 21.8 Å². The van der Waals surface area contributed by atoms with Crippen molar-refractivity contribution in [3.05, 3.63) is 60.7 Å². The number of hydrogen-bond acceptors (Lipinski definition) is 2. The van der Waals surface area contributed by atoms with Gasteiger partial charge in [0, 0.05) is 12.5 Å². The molecule has 0 radical (unpaired) electrons. The van der Waals surface area contributed by atoms with Crippen LogP contribution in [0.1, 0.15) is 40.0 Å². The van der Waals surface area contributed by atoms with Gasteiger partial charge in [0.05, 0.1) is 12.5 Å². The van der Waals surface area contributed by atoms with E-state index in [2.05, 4.69) is 80.5 Å². The molecule has 1 aliphatic rings. The molecule has 146 valence electrons. The van der Waals surface area contributed by atoms with E-state index in [9.17, 15) is 4.79 Å². The van der Waals surface area contributed by atoms with Crippen molar-refractivity contribution in [1.29, 1.82) is 0 Å². The van der Waals surface area contributed by atoms with Crippen molar-refractivity contribution in [3.8, 4) is 12.3 Å². The van der Waals surface area contributed by atoms with Gasteiger partial charge in [-0.15, -0.1) is 12.3 Å². The highest BCUT2D eigenvalue weighted by Gasteiger charge is 2.52. The highest BCUT2D eigenvalue weighted by atomic mass is 28.4. The minimum atomic E-state index is -2.65. The Morgan fingerprint density at radius 1 is 1.07 bits per heavy atom. The largest absolute Gasteiger partial charge is 0.404 e. The maximum Gasteiger partial charge on any atom is 0.261 e. The van der Waals surface area contributed by atoms with Crippen LogP contribution in [0.2, 0.25) is 5.04 Å². The van der Waals surface area contributed by atoms with Crippen LogP contribution in [-0.2, 0) is 9.22 Å². The van der Waals surface area contributed by atoms with Crippen LogP contribution in [0.25, 0.3) is 0 Å². The zero-order valence-corrected chi connectivity index (χ0v) is 17.9. The van der Waals surface area contributed by atoms with Crippen LogP contribution < -0.4 is 15.7 Å². The predicted molar refractivity (Wildman–Crippen MR) is 117 cm³/mol. The summed E-state index contributed by atoms with van der Waals surface area (Å²) in [6.45, 7) is 6.75. The molecule has 4 heteroatoms. The van der Waals surface area contributed by atoms with Crippen molar-refractivity contribution in [2.75, 3.05) is 0 Å². The van der Waals surface area contributed by atoms with Crippen molar-refractivity contribution < 1.29 is 9.22 Å². The number of benzene rings is 2. The average Bonchev–Trinajstić information content (AvgIpc) is 2.66. The number of amides is 1. The summed E-state index contributed by atoms with van der Waals surface area (Å²) >= 11 is 0. The third-order valence-electron chi connectivity index (χ3n) is 5.45. The molecule has 1 heterocycles. The van der Waals surface area contributed by atoms with Gasteiger partial charge in [0.2, 0.25) is 5.91 Å². The molecule has 1 saturated heterocycles. The summed E-state index contributed by atoms with van der Waals surface area (Å²) in [5, 5.41) is 5.36. The lowest BCUT2D eigenvalue weighted by Crippen LogP contribution is -2.68. The van der Waals surface area contributed by atoms with Gasteiger partial charge >= 0.3 is 0 Å². The Morgan fingerprint density at radius 2 is 1.61 bits per heavy atom. The van der Waals surface area contributed by atoms with Crippen LogP contribution in [0, 0.1) is 12.3 Å². The lowest BCUT2D eigenvalue weighted by molar-refractivity contribution is -0.126. The standard InChI is InChI=1S/C24H29NO2Si/c1-5-12-19-17-20(18-23(26)25-19)27-28(24(2,3)4,21-13-8-6-9-14-21)22-15-10-7-11-16-22/h1,6-11,13-16,19-20H,12,17-18H2,2-4H3,(H,25,26)/t19?,20-/m0/s1. The zero-order valence-electron chi connectivity index (χ0n) is 16.9. The molecule has 0 aromatic heterocycles. The number of carbonyl (C=O) groups excluding carboxylic acids is 1. The zero-order chi connectivity index (χ0) is 20.2. The molecule has 1 fully saturated rings. The third-order valence-corrected chi connectivity index (χ3v) is 10.5. The molecule has 28 heavy (non-hydrogen) atoms. The van der Waals surface area contributed by atoms with E-state index in [1.807, 2.05) is 12.1 Å². The Bertz CT molecular complexity index is 797. The van der Waals surface area contributed by atoms with Crippen LogP contribution >= 0.6 is 0 Å². The molecule has 1 unspecified atom stereocenters. The summed E-state index contributed by atoms with van der Waals surface area (Å²) in [5.74, 6) is 2.70. The van der Waals surface area contributed by atoms with Crippen molar-refractivity contribution in [2.24, 2.45) is 0 Å². The smallest absolute Gasteiger partial charge is 0.261 e. The fourth-order valence-electron chi connectivity index (χ4n) is 4.26. The van der Waals surface area contributed by atoms with E-state index in [1.54, 1.807) is 0 Å². The Labute approximate surface area is 169 Å². The van der Waals surface area contributed by atoms with E-state index in [4.69, 9.17) is 10.8 Å².